The van der Waals surface area contributed by atoms with Crippen molar-refractivity contribution in [1.29, 1.82) is 0 Å². The van der Waals surface area contributed by atoms with E-state index in [1.165, 1.54) is 44.8 Å². The van der Waals surface area contributed by atoms with Crippen molar-refractivity contribution >= 4 is 15.7 Å². The van der Waals surface area contributed by atoms with Crippen LogP contribution in [0.1, 0.15) is 54.4 Å². The third-order valence-electron chi connectivity index (χ3n) is 4.34. The SMILES string of the molecule is CS(=O)(=O)Cc1ccc(C(=O)NCCNC2CCCCCC2)cc1. The van der Waals surface area contributed by atoms with E-state index >= 15 is 0 Å². The first-order valence-corrected chi connectivity index (χ1v) is 10.8. The highest BCUT2D eigenvalue weighted by Crippen LogP contribution is 2.16. The van der Waals surface area contributed by atoms with Crippen LogP contribution in [-0.4, -0.2) is 39.7 Å². The Morgan fingerprint density at radius 2 is 1.67 bits per heavy atom. The molecule has 6 heteroatoms. The van der Waals surface area contributed by atoms with Crippen LogP contribution in [0, 0.1) is 0 Å². The third-order valence-corrected chi connectivity index (χ3v) is 5.20. The Labute approximate surface area is 145 Å². The Morgan fingerprint density at radius 1 is 1.04 bits per heavy atom. The van der Waals surface area contributed by atoms with Crippen LogP contribution in [0.3, 0.4) is 0 Å². The van der Waals surface area contributed by atoms with E-state index in [0.29, 0.717) is 23.7 Å². The van der Waals surface area contributed by atoms with Crippen LogP contribution in [0.2, 0.25) is 0 Å². The maximum atomic E-state index is 12.1. The summed E-state index contributed by atoms with van der Waals surface area (Å²) >= 11 is 0. The van der Waals surface area contributed by atoms with Crippen molar-refractivity contribution in [2.24, 2.45) is 0 Å². The Morgan fingerprint density at radius 3 is 2.25 bits per heavy atom. The summed E-state index contributed by atoms with van der Waals surface area (Å²) in [5.41, 5.74) is 1.26. The van der Waals surface area contributed by atoms with Crippen LogP contribution in [0.5, 0.6) is 0 Å². The van der Waals surface area contributed by atoms with Gasteiger partial charge in [-0.1, -0.05) is 37.8 Å². The summed E-state index contributed by atoms with van der Waals surface area (Å²) < 4.78 is 22.5. The van der Waals surface area contributed by atoms with Gasteiger partial charge in [0.1, 0.15) is 0 Å². The zero-order valence-electron chi connectivity index (χ0n) is 14.4. The molecule has 1 aromatic carbocycles. The minimum absolute atomic E-state index is 0.000206. The van der Waals surface area contributed by atoms with Crippen molar-refractivity contribution in [3.8, 4) is 0 Å². The molecule has 0 spiro atoms. The molecule has 2 N–H and O–H groups in total. The van der Waals surface area contributed by atoms with E-state index in [9.17, 15) is 13.2 Å². The standard InChI is InChI=1S/C18H28N2O3S/c1-24(22,23)14-15-8-10-16(11-9-15)18(21)20-13-12-19-17-6-4-2-3-5-7-17/h8-11,17,19H,2-7,12-14H2,1H3,(H,20,21). The van der Waals surface area contributed by atoms with Gasteiger partial charge in [-0.25, -0.2) is 8.42 Å². The summed E-state index contributed by atoms with van der Waals surface area (Å²) in [6.45, 7) is 1.38. The number of hydrogen-bond acceptors (Lipinski definition) is 4. The molecule has 0 radical (unpaired) electrons. The lowest BCUT2D eigenvalue weighted by atomic mass is 10.1. The molecule has 2 rings (SSSR count). The normalized spacial score (nSPS) is 16.5. The van der Waals surface area contributed by atoms with Crippen LogP contribution >= 0.6 is 0 Å². The highest BCUT2D eigenvalue weighted by Gasteiger charge is 2.11. The summed E-state index contributed by atoms with van der Waals surface area (Å²) in [6, 6.07) is 7.32. The molecular formula is C18H28N2O3S. The van der Waals surface area contributed by atoms with E-state index in [2.05, 4.69) is 10.6 Å². The fourth-order valence-corrected chi connectivity index (χ4v) is 3.89. The van der Waals surface area contributed by atoms with Gasteiger partial charge in [-0.2, -0.15) is 0 Å². The van der Waals surface area contributed by atoms with Gasteiger partial charge in [0.05, 0.1) is 5.75 Å². The average molecular weight is 353 g/mol. The molecule has 0 unspecified atom stereocenters. The summed E-state index contributed by atoms with van der Waals surface area (Å²) in [6.07, 6.45) is 8.93. The first-order chi connectivity index (χ1) is 11.4. The molecule has 0 saturated heterocycles. The highest BCUT2D eigenvalue weighted by atomic mass is 32.2. The van der Waals surface area contributed by atoms with Crippen LogP contribution < -0.4 is 10.6 Å². The number of nitrogens with one attached hydrogen (secondary N) is 2. The van der Waals surface area contributed by atoms with Crippen molar-refractivity contribution < 1.29 is 13.2 Å². The van der Waals surface area contributed by atoms with Gasteiger partial charge in [0, 0.05) is 31.0 Å². The molecule has 0 aliphatic heterocycles. The molecule has 1 amide bonds. The minimum Gasteiger partial charge on any atom is -0.351 e. The molecule has 0 aromatic heterocycles. The maximum absolute atomic E-state index is 12.1. The largest absolute Gasteiger partial charge is 0.351 e. The van der Waals surface area contributed by atoms with Crippen molar-refractivity contribution in [2.45, 2.75) is 50.3 Å². The first kappa shape index (κ1) is 18.9. The first-order valence-electron chi connectivity index (χ1n) is 8.72. The topological polar surface area (TPSA) is 75.3 Å². The van der Waals surface area contributed by atoms with Crippen molar-refractivity contribution in [2.75, 3.05) is 19.3 Å². The molecule has 5 nitrogen and oxygen atoms in total. The lowest BCUT2D eigenvalue weighted by Crippen LogP contribution is -2.36. The quantitative estimate of drug-likeness (QED) is 0.583. The van der Waals surface area contributed by atoms with E-state index in [1.807, 2.05) is 0 Å². The van der Waals surface area contributed by atoms with Crippen LogP contribution in [0.25, 0.3) is 0 Å². The van der Waals surface area contributed by atoms with Gasteiger partial charge < -0.3 is 10.6 Å². The molecular weight excluding hydrogens is 324 g/mol. The van der Waals surface area contributed by atoms with E-state index in [-0.39, 0.29) is 11.7 Å². The van der Waals surface area contributed by atoms with E-state index in [1.54, 1.807) is 24.3 Å². The Kier molecular flexibility index (Phi) is 7.24. The Hall–Kier alpha value is -1.40. The van der Waals surface area contributed by atoms with E-state index in [4.69, 9.17) is 0 Å². The predicted molar refractivity (Wildman–Crippen MR) is 96.8 cm³/mol. The molecule has 134 valence electrons. The molecule has 1 aliphatic rings. The molecule has 1 aromatic rings. The second kappa shape index (κ2) is 9.18. The summed E-state index contributed by atoms with van der Waals surface area (Å²) in [5, 5.41) is 6.42. The molecule has 0 atom stereocenters. The van der Waals surface area contributed by atoms with Crippen LogP contribution in [-0.2, 0) is 15.6 Å². The second-order valence-corrected chi connectivity index (χ2v) is 8.81. The second-order valence-electron chi connectivity index (χ2n) is 6.67. The predicted octanol–water partition coefficient (Wildman–Crippen LogP) is 2.27. The molecule has 0 heterocycles. The number of sulfone groups is 1. The summed E-state index contributed by atoms with van der Waals surface area (Å²) in [7, 11) is -3.05. The number of carbonyl (C=O) groups excluding carboxylic acids is 1. The van der Waals surface area contributed by atoms with Gasteiger partial charge in [-0.05, 0) is 30.5 Å². The van der Waals surface area contributed by atoms with Gasteiger partial charge in [0.2, 0.25) is 0 Å². The van der Waals surface area contributed by atoms with Crippen LogP contribution in [0.15, 0.2) is 24.3 Å². The molecule has 1 saturated carbocycles. The highest BCUT2D eigenvalue weighted by molar-refractivity contribution is 7.89. The number of benzene rings is 1. The molecule has 1 aliphatic carbocycles. The fourth-order valence-electron chi connectivity index (χ4n) is 3.09. The van der Waals surface area contributed by atoms with Gasteiger partial charge >= 0.3 is 0 Å². The monoisotopic (exact) mass is 352 g/mol. The lowest BCUT2D eigenvalue weighted by molar-refractivity contribution is 0.0953. The van der Waals surface area contributed by atoms with Gasteiger partial charge in [0.25, 0.3) is 5.91 Å². The van der Waals surface area contributed by atoms with Crippen molar-refractivity contribution in [3.05, 3.63) is 35.4 Å². The van der Waals surface area contributed by atoms with E-state index in [0.717, 1.165) is 6.54 Å². The number of carbonyl (C=O) groups is 1. The molecule has 24 heavy (non-hydrogen) atoms. The number of amides is 1. The van der Waals surface area contributed by atoms with Gasteiger partial charge in [0.15, 0.2) is 9.84 Å². The lowest BCUT2D eigenvalue weighted by Gasteiger charge is -2.16. The number of rotatable bonds is 7. The van der Waals surface area contributed by atoms with Crippen LogP contribution in [0.4, 0.5) is 0 Å². The van der Waals surface area contributed by atoms with Gasteiger partial charge in [-0.3, -0.25) is 4.79 Å². The third kappa shape index (κ3) is 7.01. The average Bonchev–Trinajstić information content (AvgIpc) is 2.79. The van der Waals surface area contributed by atoms with Gasteiger partial charge in [-0.15, -0.1) is 0 Å². The Balaban J connectivity index is 1.72. The van der Waals surface area contributed by atoms with E-state index < -0.39 is 9.84 Å². The molecule has 0 bridgehead atoms. The Bertz CT molecular complexity index is 618. The minimum atomic E-state index is -3.05. The van der Waals surface area contributed by atoms with Crippen molar-refractivity contribution in [3.63, 3.8) is 0 Å². The molecule has 1 fully saturated rings. The number of hydrogen-bond donors (Lipinski definition) is 2. The smallest absolute Gasteiger partial charge is 0.251 e. The zero-order chi connectivity index (χ0) is 17.4. The summed E-state index contributed by atoms with van der Waals surface area (Å²) in [4.78, 5) is 12.1. The zero-order valence-corrected chi connectivity index (χ0v) is 15.2. The van der Waals surface area contributed by atoms with Crippen molar-refractivity contribution in [1.82, 2.24) is 10.6 Å². The maximum Gasteiger partial charge on any atom is 0.251 e. The fraction of sp³-hybridized carbons (Fsp3) is 0.611. The summed E-state index contributed by atoms with van der Waals surface area (Å²) in [5.74, 6) is -0.121.